The topological polar surface area (TPSA) is 148 Å². The Morgan fingerprint density at radius 2 is 1.74 bits per heavy atom. The maximum absolute atomic E-state index is 13.5. The average Bonchev–Trinajstić information content (AvgIpc) is 3.52. The number of ether oxygens (including phenoxy) is 2. The van der Waals surface area contributed by atoms with Crippen molar-refractivity contribution in [3.05, 3.63) is 75.5 Å². The normalized spacial score (nSPS) is 19.6. The number of nitrogens with zero attached hydrogens (tertiary/aromatic N) is 3. The smallest absolute Gasteiger partial charge is 0.332 e. The monoisotopic (exact) mass is 688 g/mol. The number of benzene rings is 2. The Kier molecular flexibility index (Phi) is 9.66. The van der Waals surface area contributed by atoms with Gasteiger partial charge in [0.25, 0.3) is 11.8 Å². The molecule has 242 valence electrons. The molecule has 0 saturated carbocycles. The van der Waals surface area contributed by atoms with E-state index in [2.05, 4.69) is 10.5 Å². The molecule has 3 amide bonds. The second-order valence-electron chi connectivity index (χ2n) is 11.0. The maximum atomic E-state index is 13.5. The van der Waals surface area contributed by atoms with Gasteiger partial charge < -0.3 is 24.2 Å². The molecule has 5 rings (SSSR count). The van der Waals surface area contributed by atoms with Crippen LogP contribution in [-0.4, -0.2) is 86.7 Å². The average molecular weight is 690 g/mol. The van der Waals surface area contributed by atoms with Crippen molar-refractivity contribution in [1.29, 1.82) is 0 Å². The number of halogens is 2. The molecule has 46 heavy (non-hydrogen) atoms. The van der Waals surface area contributed by atoms with Crippen LogP contribution in [0.2, 0.25) is 10.0 Å². The lowest BCUT2D eigenvalue weighted by Gasteiger charge is -2.44. The number of fused-ring (bicyclic) bond motifs is 1. The number of thioether (sulfide) groups is 1. The van der Waals surface area contributed by atoms with E-state index in [0.29, 0.717) is 11.1 Å². The molecule has 0 unspecified atom stereocenters. The molecule has 12 nitrogen and oxygen atoms in total. The highest BCUT2D eigenvalue weighted by Crippen LogP contribution is 2.51. The standard InChI is InChI=1S/C31H30Cl2N4O8S/c1-5-43-20(38)14-36(27(40)17-10-7-6-8-11-17)15-44-30(42)25-31(3,4)46-29-24(28(41)37(25)29)34-26(39)21-16(2)45-35-23(21)22-18(32)12-9-13-19(22)33/h6-13,24-25,29H,5,14-15H2,1-4H3,(H,34,39)/t24-,25+,29-/m1/s1. The number of rotatable bonds is 10. The number of hydrogen-bond donors (Lipinski definition) is 1. The molecule has 0 bridgehead atoms. The summed E-state index contributed by atoms with van der Waals surface area (Å²) in [5.74, 6) is -2.89. The van der Waals surface area contributed by atoms with Gasteiger partial charge in [-0.1, -0.05) is 52.6 Å². The lowest BCUT2D eigenvalue weighted by atomic mass is 9.95. The summed E-state index contributed by atoms with van der Waals surface area (Å²) in [6.45, 7) is 5.87. The van der Waals surface area contributed by atoms with Gasteiger partial charge >= 0.3 is 11.9 Å². The first kappa shape index (κ1) is 33.3. The molecule has 15 heteroatoms. The third kappa shape index (κ3) is 6.31. The Labute approximate surface area is 278 Å². The number of nitrogens with one attached hydrogen (secondary N) is 1. The molecule has 0 radical (unpaired) electrons. The van der Waals surface area contributed by atoms with Crippen molar-refractivity contribution < 1.29 is 38.0 Å². The van der Waals surface area contributed by atoms with Gasteiger partial charge in [-0.05, 0) is 52.0 Å². The molecule has 2 aromatic carbocycles. The van der Waals surface area contributed by atoms with Crippen LogP contribution in [0.25, 0.3) is 11.3 Å². The highest BCUT2D eigenvalue weighted by molar-refractivity contribution is 8.01. The fourth-order valence-electron chi connectivity index (χ4n) is 5.40. The lowest BCUT2D eigenvalue weighted by molar-refractivity contribution is -0.166. The highest BCUT2D eigenvalue weighted by atomic mass is 35.5. The second-order valence-corrected chi connectivity index (χ2v) is 13.6. The zero-order chi connectivity index (χ0) is 33.3. The maximum Gasteiger partial charge on any atom is 0.332 e. The molecule has 2 aliphatic heterocycles. The van der Waals surface area contributed by atoms with Crippen LogP contribution in [0.3, 0.4) is 0 Å². The van der Waals surface area contributed by atoms with Gasteiger partial charge in [-0.2, -0.15) is 0 Å². The first-order valence-corrected chi connectivity index (χ1v) is 15.9. The number of amides is 3. The van der Waals surface area contributed by atoms with Gasteiger partial charge in [0.2, 0.25) is 5.91 Å². The van der Waals surface area contributed by atoms with Gasteiger partial charge in [-0.15, -0.1) is 11.8 Å². The van der Waals surface area contributed by atoms with Crippen LogP contribution >= 0.6 is 35.0 Å². The fourth-order valence-corrected chi connectivity index (χ4v) is 7.59. The number of aryl methyl sites for hydroxylation is 1. The number of carbonyl (C=O) groups is 5. The Hall–Kier alpha value is -4.07. The Morgan fingerprint density at radius 1 is 1.07 bits per heavy atom. The molecule has 1 aromatic heterocycles. The molecule has 1 N–H and O–H groups in total. The van der Waals surface area contributed by atoms with Crippen LogP contribution in [-0.2, 0) is 23.9 Å². The number of β-lactam (4-membered cyclic amide) rings is 1. The number of aromatic nitrogens is 1. The highest BCUT2D eigenvalue weighted by Gasteiger charge is 2.64. The molecule has 3 atom stereocenters. The SMILES string of the molecule is CCOC(=O)CN(COC(=O)[C@@H]1N2C(=O)[C@@H](NC(=O)c3c(-c4c(Cl)cccc4Cl)noc3C)[C@H]2SC1(C)C)C(=O)c1ccccc1. The van der Waals surface area contributed by atoms with Crippen molar-refractivity contribution >= 4 is 64.6 Å². The number of hydrogen-bond acceptors (Lipinski definition) is 10. The first-order valence-electron chi connectivity index (χ1n) is 14.2. The van der Waals surface area contributed by atoms with Gasteiger partial charge in [0, 0.05) is 15.9 Å². The van der Waals surface area contributed by atoms with Crippen molar-refractivity contribution in [3.63, 3.8) is 0 Å². The molecule has 2 aliphatic rings. The van der Waals surface area contributed by atoms with Crippen LogP contribution in [0.5, 0.6) is 0 Å². The van der Waals surface area contributed by atoms with Gasteiger partial charge in [-0.25, -0.2) is 4.79 Å². The second kappa shape index (κ2) is 13.3. The van der Waals surface area contributed by atoms with Gasteiger partial charge in [0.1, 0.15) is 41.0 Å². The summed E-state index contributed by atoms with van der Waals surface area (Å²) in [4.78, 5) is 68.2. The third-order valence-corrected chi connectivity index (χ3v) is 9.74. The van der Waals surface area contributed by atoms with E-state index in [1.165, 1.54) is 16.7 Å². The molecule has 0 aliphatic carbocycles. The summed E-state index contributed by atoms with van der Waals surface area (Å²) in [5, 5.41) is 6.69. The molecule has 3 heterocycles. The minimum Gasteiger partial charge on any atom is -0.465 e. The van der Waals surface area contributed by atoms with Crippen molar-refractivity contribution in [2.45, 2.75) is 49.9 Å². The van der Waals surface area contributed by atoms with Crippen LogP contribution in [0.15, 0.2) is 53.1 Å². The van der Waals surface area contributed by atoms with E-state index in [1.807, 2.05) is 0 Å². The third-order valence-electron chi connectivity index (χ3n) is 7.54. The lowest BCUT2D eigenvalue weighted by Crippen LogP contribution is -2.70. The van der Waals surface area contributed by atoms with Gasteiger partial charge in [0.15, 0.2) is 6.73 Å². The predicted octanol–water partition coefficient (Wildman–Crippen LogP) is 4.32. The van der Waals surface area contributed by atoms with Crippen molar-refractivity contribution in [1.82, 2.24) is 20.3 Å². The number of esters is 2. The zero-order valence-corrected chi connectivity index (χ0v) is 27.6. The summed E-state index contributed by atoms with van der Waals surface area (Å²) < 4.78 is 15.0. The van der Waals surface area contributed by atoms with Crippen molar-refractivity contribution in [2.24, 2.45) is 0 Å². The Morgan fingerprint density at radius 3 is 2.39 bits per heavy atom. The molecular weight excluding hydrogens is 659 g/mol. The van der Waals surface area contributed by atoms with E-state index in [1.54, 1.807) is 76.2 Å². The molecule has 2 fully saturated rings. The Balaban J connectivity index is 1.29. The summed E-state index contributed by atoms with van der Waals surface area (Å²) in [7, 11) is 0. The van der Waals surface area contributed by atoms with Gasteiger partial charge in [0.05, 0.1) is 16.7 Å². The van der Waals surface area contributed by atoms with Crippen LogP contribution in [0.1, 0.15) is 47.2 Å². The largest absolute Gasteiger partial charge is 0.465 e. The van der Waals surface area contributed by atoms with Crippen molar-refractivity contribution in [2.75, 3.05) is 19.9 Å². The van der Waals surface area contributed by atoms with Crippen molar-refractivity contribution in [3.8, 4) is 11.3 Å². The van der Waals surface area contributed by atoms with Crippen LogP contribution in [0, 0.1) is 6.92 Å². The summed E-state index contributed by atoms with van der Waals surface area (Å²) >= 11 is 14.0. The van der Waals surface area contributed by atoms with E-state index < -0.39 is 65.1 Å². The van der Waals surface area contributed by atoms with Crippen LogP contribution < -0.4 is 5.32 Å². The molecular formula is C31H30Cl2N4O8S. The quantitative estimate of drug-likeness (QED) is 0.185. The minimum atomic E-state index is -1.03. The molecule has 0 spiro atoms. The summed E-state index contributed by atoms with van der Waals surface area (Å²) in [5.41, 5.74) is 0.812. The molecule has 3 aromatic rings. The van der Waals surface area contributed by atoms with E-state index >= 15 is 0 Å². The zero-order valence-electron chi connectivity index (χ0n) is 25.2. The summed E-state index contributed by atoms with van der Waals surface area (Å²) in [6.07, 6.45) is 0. The minimum absolute atomic E-state index is 0.0734. The predicted molar refractivity (Wildman–Crippen MR) is 169 cm³/mol. The van der Waals surface area contributed by atoms with E-state index in [9.17, 15) is 24.0 Å². The van der Waals surface area contributed by atoms with E-state index in [4.69, 9.17) is 37.2 Å². The molecule has 2 saturated heterocycles. The fraction of sp³-hybridized carbons (Fsp3) is 0.355. The summed E-state index contributed by atoms with van der Waals surface area (Å²) in [6, 6.07) is 11.1. The Bertz CT molecular complexity index is 1680. The van der Waals surface area contributed by atoms with Gasteiger partial charge in [-0.3, -0.25) is 24.1 Å². The van der Waals surface area contributed by atoms with Crippen LogP contribution in [0.4, 0.5) is 0 Å². The first-order chi connectivity index (χ1) is 21.9. The van der Waals surface area contributed by atoms with E-state index in [-0.39, 0.29) is 33.7 Å². The number of carbonyl (C=O) groups excluding carboxylic acids is 5. The van der Waals surface area contributed by atoms with E-state index in [0.717, 1.165) is 4.90 Å².